The Morgan fingerprint density at radius 3 is 2.65 bits per heavy atom. The van der Waals surface area contributed by atoms with Crippen molar-refractivity contribution in [3.63, 3.8) is 0 Å². The van der Waals surface area contributed by atoms with Gasteiger partial charge in [-0.2, -0.15) is 0 Å². The molecule has 1 N–H and O–H groups in total. The van der Waals surface area contributed by atoms with E-state index in [0.717, 1.165) is 17.7 Å². The lowest BCUT2D eigenvalue weighted by Crippen LogP contribution is -2.44. The molecule has 1 heterocycles. The highest BCUT2D eigenvalue weighted by atomic mass is 16.5. The molecule has 0 aromatic heterocycles. The second kappa shape index (κ2) is 4.35. The number of nitrogens with zero attached hydrogens (tertiary/aromatic N) is 1. The number of imide groups is 1. The van der Waals surface area contributed by atoms with Crippen molar-refractivity contribution in [1.29, 1.82) is 0 Å². The highest BCUT2D eigenvalue weighted by molar-refractivity contribution is 6.08. The number of hydrogen-bond acceptors (Lipinski definition) is 4. The first-order chi connectivity index (χ1) is 8.09. The lowest BCUT2D eigenvalue weighted by atomic mass is 9.98. The molecule has 6 nitrogen and oxygen atoms in total. The van der Waals surface area contributed by atoms with E-state index < -0.39 is 17.5 Å². The molecule has 0 bridgehead atoms. The van der Waals surface area contributed by atoms with E-state index >= 15 is 0 Å². The maximum atomic E-state index is 12.1. The van der Waals surface area contributed by atoms with E-state index in [-0.39, 0.29) is 19.1 Å². The average Bonchev–Trinajstić information content (AvgIpc) is 2.82. The molecule has 17 heavy (non-hydrogen) atoms. The van der Waals surface area contributed by atoms with Crippen LogP contribution in [-0.4, -0.2) is 41.5 Å². The van der Waals surface area contributed by atoms with Gasteiger partial charge < -0.3 is 10.1 Å². The summed E-state index contributed by atoms with van der Waals surface area (Å²) in [5.74, 6) is -0.834. The molecule has 1 spiro atoms. The molecule has 0 aromatic carbocycles. The maximum absolute atomic E-state index is 12.1. The minimum absolute atomic E-state index is 0.244. The minimum atomic E-state index is -0.746. The van der Waals surface area contributed by atoms with Crippen LogP contribution in [0.4, 0.5) is 4.79 Å². The summed E-state index contributed by atoms with van der Waals surface area (Å²) >= 11 is 0. The van der Waals surface area contributed by atoms with Gasteiger partial charge in [0.1, 0.15) is 12.1 Å². The standard InChI is InChI=1S/C11H16N2O4/c1-2-17-8(14)7-13-9(15)11(12-10(13)16)5-3-4-6-11/h2-7H2,1H3,(H,12,16). The number of esters is 1. The van der Waals surface area contributed by atoms with Crippen LogP contribution in [0.2, 0.25) is 0 Å². The minimum Gasteiger partial charge on any atom is -0.465 e. The fourth-order valence-corrected chi connectivity index (χ4v) is 2.47. The van der Waals surface area contributed by atoms with E-state index in [1.165, 1.54) is 0 Å². The van der Waals surface area contributed by atoms with Crippen molar-refractivity contribution in [2.75, 3.05) is 13.2 Å². The van der Waals surface area contributed by atoms with Crippen LogP contribution in [-0.2, 0) is 14.3 Å². The van der Waals surface area contributed by atoms with Crippen molar-refractivity contribution in [2.24, 2.45) is 0 Å². The highest BCUT2D eigenvalue weighted by Crippen LogP contribution is 2.34. The normalized spacial score (nSPS) is 22.1. The SMILES string of the molecule is CCOC(=O)CN1C(=O)NC2(CCCC2)C1=O. The summed E-state index contributed by atoms with van der Waals surface area (Å²) in [4.78, 5) is 36.0. The van der Waals surface area contributed by atoms with Gasteiger partial charge >= 0.3 is 12.0 Å². The molecule has 0 unspecified atom stereocenters. The Bertz CT molecular complexity index is 360. The second-order valence-electron chi connectivity index (χ2n) is 4.42. The van der Waals surface area contributed by atoms with Crippen LogP contribution in [0.15, 0.2) is 0 Å². The van der Waals surface area contributed by atoms with E-state index in [9.17, 15) is 14.4 Å². The lowest BCUT2D eigenvalue weighted by molar-refractivity contribution is -0.147. The first kappa shape index (κ1) is 11.9. The van der Waals surface area contributed by atoms with Gasteiger partial charge in [-0.1, -0.05) is 12.8 Å². The molecule has 3 amide bonds. The van der Waals surface area contributed by atoms with E-state index in [4.69, 9.17) is 4.74 Å². The van der Waals surface area contributed by atoms with Gasteiger partial charge in [0.15, 0.2) is 0 Å². The topological polar surface area (TPSA) is 75.7 Å². The van der Waals surface area contributed by atoms with Gasteiger partial charge in [-0.05, 0) is 19.8 Å². The largest absolute Gasteiger partial charge is 0.465 e. The Morgan fingerprint density at radius 2 is 2.06 bits per heavy atom. The Morgan fingerprint density at radius 1 is 1.41 bits per heavy atom. The molecule has 1 saturated carbocycles. The van der Waals surface area contributed by atoms with E-state index in [1.54, 1.807) is 6.92 Å². The summed E-state index contributed by atoms with van der Waals surface area (Å²) in [5.41, 5.74) is -0.746. The van der Waals surface area contributed by atoms with Gasteiger partial charge in [0.2, 0.25) is 0 Å². The monoisotopic (exact) mass is 240 g/mol. The van der Waals surface area contributed by atoms with Gasteiger partial charge in [0, 0.05) is 0 Å². The number of rotatable bonds is 3. The number of hydrogen-bond donors (Lipinski definition) is 1. The van der Waals surface area contributed by atoms with Crippen LogP contribution < -0.4 is 5.32 Å². The molecular formula is C11H16N2O4. The fraction of sp³-hybridized carbons (Fsp3) is 0.727. The first-order valence-corrected chi connectivity index (χ1v) is 5.89. The number of ether oxygens (including phenoxy) is 1. The molecule has 1 aliphatic carbocycles. The first-order valence-electron chi connectivity index (χ1n) is 5.89. The number of amides is 3. The Hall–Kier alpha value is -1.59. The molecule has 94 valence electrons. The van der Waals surface area contributed by atoms with Crippen molar-refractivity contribution in [1.82, 2.24) is 10.2 Å². The van der Waals surface area contributed by atoms with Crippen LogP contribution in [0.1, 0.15) is 32.6 Å². The van der Waals surface area contributed by atoms with Gasteiger partial charge in [-0.3, -0.25) is 14.5 Å². The molecule has 6 heteroatoms. The molecular weight excluding hydrogens is 224 g/mol. The van der Waals surface area contributed by atoms with Crippen LogP contribution in [0.5, 0.6) is 0 Å². The summed E-state index contributed by atoms with van der Waals surface area (Å²) in [6.45, 7) is 1.64. The summed E-state index contributed by atoms with van der Waals surface area (Å²) in [7, 11) is 0. The molecule has 0 atom stereocenters. The quantitative estimate of drug-likeness (QED) is 0.572. The lowest BCUT2D eigenvalue weighted by Gasteiger charge is -2.19. The Balaban J connectivity index is 2.06. The number of nitrogens with one attached hydrogen (secondary N) is 1. The predicted molar refractivity (Wildman–Crippen MR) is 58.1 cm³/mol. The van der Waals surface area contributed by atoms with Crippen molar-refractivity contribution >= 4 is 17.9 Å². The van der Waals surface area contributed by atoms with Crippen LogP contribution in [0, 0.1) is 0 Å². The molecule has 0 radical (unpaired) electrons. The third-order valence-corrected chi connectivity index (χ3v) is 3.30. The van der Waals surface area contributed by atoms with Gasteiger partial charge in [-0.15, -0.1) is 0 Å². The molecule has 0 aromatic rings. The van der Waals surface area contributed by atoms with Crippen molar-refractivity contribution in [2.45, 2.75) is 38.1 Å². The summed E-state index contributed by atoms with van der Waals surface area (Å²) < 4.78 is 4.74. The zero-order chi connectivity index (χ0) is 12.5. The number of urea groups is 1. The summed E-state index contributed by atoms with van der Waals surface area (Å²) in [5, 5.41) is 2.71. The Kier molecular flexibility index (Phi) is 3.04. The Labute approximate surface area is 99.3 Å². The van der Waals surface area contributed by atoms with E-state index in [0.29, 0.717) is 12.8 Å². The van der Waals surface area contributed by atoms with E-state index in [2.05, 4.69) is 5.32 Å². The van der Waals surface area contributed by atoms with Gasteiger partial charge in [0.05, 0.1) is 6.61 Å². The van der Waals surface area contributed by atoms with Gasteiger partial charge in [-0.25, -0.2) is 4.79 Å². The fourth-order valence-electron chi connectivity index (χ4n) is 2.47. The molecule has 2 aliphatic rings. The van der Waals surface area contributed by atoms with Crippen molar-refractivity contribution in [3.05, 3.63) is 0 Å². The predicted octanol–water partition coefficient (Wildman–Crippen LogP) is 0.414. The van der Waals surface area contributed by atoms with Crippen molar-refractivity contribution < 1.29 is 19.1 Å². The third-order valence-electron chi connectivity index (χ3n) is 3.30. The molecule has 1 saturated heterocycles. The van der Waals surface area contributed by atoms with Crippen LogP contribution in [0.25, 0.3) is 0 Å². The smallest absolute Gasteiger partial charge is 0.326 e. The van der Waals surface area contributed by atoms with Gasteiger partial charge in [0.25, 0.3) is 5.91 Å². The van der Waals surface area contributed by atoms with Crippen molar-refractivity contribution in [3.8, 4) is 0 Å². The molecule has 2 rings (SSSR count). The number of carbonyl (C=O) groups excluding carboxylic acids is 3. The molecule has 2 fully saturated rings. The summed E-state index contributed by atoms with van der Waals surface area (Å²) in [6, 6.07) is -0.482. The maximum Gasteiger partial charge on any atom is 0.326 e. The zero-order valence-corrected chi connectivity index (χ0v) is 9.82. The third kappa shape index (κ3) is 1.99. The summed E-state index contributed by atoms with van der Waals surface area (Å²) in [6.07, 6.45) is 3.19. The highest BCUT2D eigenvalue weighted by Gasteiger charge is 2.52. The number of carbonyl (C=O) groups is 3. The molecule has 1 aliphatic heterocycles. The zero-order valence-electron chi connectivity index (χ0n) is 9.82. The average molecular weight is 240 g/mol. The van der Waals surface area contributed by atoms with E-state index in [1.807, 2.05) is 0 Å². The van der Waals surface area contributed by atoms with Crippen LogP contribution in [0.3, 0.4) is 0 Å². The second-order valence-corrected chi connectivity index (χ2v) is 4.42. The van der Waals surface area contributed by atoms with Crippen LogP contribution >= 0.6 is 0 Å².